The van der Waals surface area contributed by atoms with Crippen LogP contribution in [0, 0.1) is 0 Å². The molecule has 1 aromatic carbocycles. The summed E-state index contributed by atoms with van der Waals surface area (Å²) in [4.78, 5) is 0. The molecule has 0 atom stereocenters. The average Bonchev–Trinajstić information content (AvgIpc) is 1.96. The highest BCUT2D eigenvalue weighted by molar-refractivity contribution is 9.10. The van der Waals surface area contributed by atoms with Crippen molar-refractivity contribution < 1.29 is 0 Å². The lowest BCUT2D eigenvalue weighted by Crippen LogP contribution is -2.34. The predicted octanol–water partition coefficient (Wildman–Crippen LogP) is 3.38. The molecule has 0 heterocycles. The Morgan fingerprint density at radius 3 is 2.62 bits per heavy atom. The summed E-state index contributed by atoms with van der Waals surface area (Å²) in [5, 5.41) is 0.765. The maximum absolute atomic E-state index is 6.10. The smallest absolute Gasteiger partial charge is 0.0580 e. The molecule has 0 unspecified atom stereocenters. The van der Waals surface area contributed by atoms with Crippen LogP contribution in [-0.2, 0) is 6.42 Å². The van der Waals surface area contributed by atoms with E-state index in [2.05, 4.69) is 15.9 Å². The van der Waals surface area contributed by atoms with Crippen LogP contribution >= 0.6 is 27.5 Å². The number of nitrogens with two attached hydrogens (primary N) is 1. The summed E-state index contributed by atoms with van der Waals surface area (Å²) in [5.41, 5.74) is 6.78. The Morgan fingerprint density at radius 2 is 2.08 bits per heavy atom. The Bertz CT molecular complexity index is 304. The van der Waals surface area contributed by atoms with E-state index >= 15 is 0 Å². The van der Waals surface area contributed by atoms with E-state index in [1.165, 1.54) is 0 Å². The fourth-order valence-corrected chi connectivity index (χ4v) is 1.78. The van der Waals surface area contributed by atoms with Crippen LogP contribution in [0.3, 0.4) is 0 Å². The molecule has 0 bridgehead atoms. The summed E-state index contributed by atoms with van der Waals surface area (Å²) < 4.78 is 0.927. The lowest BCUT2D eigenvalue weighted by molar-refractivity contribution is 0.517. The zero-order chi connectivity index (χ0) is 10.1. The fourth-order valence-electron chi connectivity index (χ4n) is 1.18. The number of hydrogen-bond acceptors (Lipinski definition) is 1. The van der Waals surface area contributed by atoms with Crippen molar-refractivity contribution in [1.82, 2.24) is 0 Å². The van der Waals surface area contributed by atoms with E-state index in [1.807, 2.05) is 32.0 Å². The molecule has 0 aliphatic rings. The summed E-state index contributed by atoms with van der Waals surface area (Å²) in [5.74, 6) is 0. The van der Waals surface area contributed by atoms with Gasteiger partial charge in [0.1, 0.15) is 0 Å². The molecule has 3 heteroatoms. The predicted molar refractivity (Wildman–Crippen MR) is 61.1 cm³/mol. The fraction of sp³-hybridized carbons (Fsp3) is 0.400. The van der Waals surface area contributed by atoms with E-state index in [0.717, 1.165) is 21.5 Å². The third-order valence-corrected chi connectivity index (χ3v) is 3.01. The number of hydrogen-bond donors (Lipinski definition) is 1. The summed E-state index contributed by atoms with van der Waals surface area (Å²) >= 11 is 9.48. The topological polar surface area (TPSA) is 26.0 Å². The molecule has 0 aliphatic heterocycles. The third kappa shape index (κ3) is 3.29. The van der Waals surface area contributed by atoms with Crippen molar-refractivity contribution >= 4 is 27.5 Å². The van der Waals surface area contributed by atoms with Crippen LogP contribution in [0.1, 0.15) is 19.4 Å². The Hall–Kier alpha value is -0.0500. The van der Waals surface area contributed by atoms with Gasteiger partial charge in [0.25, 0.3) is 0 Å². The van der Waals surface area contributed by atoms with Crippen molar-refractivity contribution in [2.45, 2.75) is 25.8 Å². The van der Waals surface area contributed by atoms with Gasteiger partial charge in [0.05, 0.1) is 5.02 Å². The van der Waals surface area contributed by atoms with Gasteiger partial charge in [-0.3, -0.25) is 0 Å². The Balaban J connectivity index is 2.96. The molecule has 0 amide bonds. The standard InChI is InChI=1S/C10H13BrClN/c1-10(2,13)6-7-4-3-5-8(11)9(7)12/h3-5H,6,13H2,1-2H3. The molecule has 1 nitrogen and oxygen atoms in total. The van der Waals surface area contributed by atoms with Gasteiger partial charge in [-0.15, -0.1) is 0 Å². The summed E-state index contributed by atoms with van der Waals surface area (Å²) in [6.45, 7) is 3.98. The first-order chi connectivity index (χ1) is 5.90. The van der Waals surface area contributed by atoms with Gasteiger partial charge in [-0.05, 0) is 47.8 Å². The van der Waals surface area contributed by atoms with E-state index in [1.54, 1.807) is 0 Å². The minimum absolute atomic E-state index is 0.218. The van der Waals surface area contributed by atoms with Crippen LogP contribution in [0.15, 0.2) is 22.7 Å². The average molecular weight is 263 g/mol. The molecule has 0 aliphatic carbocycles. The van der Waals surface area contributed by atoms with E-state index in [4.69, 9.17) is 17.3 Å². The van der Waals surface area contributed by atoms with Gasteiger partial charge in [0.2, 0.25) is 0 Å². The first-order valence-corrected chi connectivity index (χ1v) is 5.29. The molecule has 0 saturated heterocycles. The van der Waals surface area contributed by atoms with Gasteiger partial charge in [-0.2, -0.15) is 0 Å². The summed E-state index contributed by atoms with van der Waals surface area (Å²) in [7, 11) is 0. The third-order valence-electron chi connectivity index (χ3n) is 1.68. The van der Waals surface area contributed by atoms with Crippen LogP contribution in [0.25, 0.3) is 0 Å². The minimum atomic E-state index is -0.218. The molecule has 0 spiro atoms. The Kier molecular flexibility index (Phi) is 3.38. The molecule has 0 fully saturated rings. The number of rotatable bonds is 2. The second-order valence-corrected chi connectivity index (χ2v) is 5.11. The molecular weight excluding hydrogens is 249 g/mol. The Labute approximate surface area is 92.4 Å². The second kappa shape index (κ2) is 3.99. The minimum Gasteiger partial charge on any atom is -0.325 e. The summed E-state index contributed by atoms with van der Waals surface area (Å²) in [6.07, 6.45) is 0.783. The van der Waals surface area contributed by atoms with E-state index in [0.29, 0.717) is 0 Å². The van der Waals surface area contributed by atoms with Crippen molar-refractivity contribution in [2.75, 3.05) is 0 Å². The monoisotopic (exact) mass is 261 g/mol. The largest absolute Gasteiger partial charge is 0.325 e. The first-order valence-electron chi connectivity index (χ1n) is 4.12. The number of halogens is 2. The second-order valence-electron chi connectivity index (χ2n) is 3.88. The lowest BCUT2D eigenvalue weighted by atomic mass is 9.96. The quantitative estimate of drug-likeness (QED) is 0.869. The van der Waals surface area contributed by atoms with Crippen molar-refractivity contribution in [3.05, 3.63) is 33.3 Å². The van der Waals surface area contributed by atoms with Gasteiger partial charge in [0.15, 0.2) is 0 Å². The highest BCUT2D eigenvalue weighted by Gasteiger charge is 2.14. The molecule has 1 aromatic rings. The van der Waals surface area contributed by atoms with Crippen molar-refractivity contribution in [2.24, 2.45) is 5.73 Å². The zero-order valence-corrected chi connectivity index (χ0v) is 10.1. The van der Waals surface area contributed by atoms with Crippen molar-refractivity contribution in [3.63, 3.8) is 0 Å². The number of benzene rings is 1. The molecule has 72 valence electrons. The highest BCUT2D eigenvalue weighted by atomic mass is 79.9. The van der Waals surface area contributed by atoms with Crippen LogP contribution in [0.5, 0.6) is 0 Å². The van der Waals surface area contributed by atoms with E-state index in [-0.39, 0.29) is 5.54 Å². The molecule has 0 saturated carbocycles. The van der Waals surface area contributed by atoms with E-state index in [9.17, 15) is 0 Å². The molecule has 13 heavy (non-hydrogen) atoms. The maximum Gasteiger partial charge on any atom is 0.0580 e. The molecule has 0 radical (unpaired) electrons. The molecular formula is C10H13BrClN. The van der Waals surface area contributed by atoms with Gasteiger partial charge in [-0.25, -0.2) is 0 Å². The SMILES string of the molecule is CC(C)(N)Cc1cccc(Br)c1Cl. The van der Waals surface area contributed by atoms with Gasteiger partial charge >= 0.3 is 0 Å². The molecule has 1 rings (SSSR count). The van der Waals surface area contributed by atoms with Crippen LogP contribution in [-0.4, -0.2) is 5.54 Å². The molecule has 2 N–H and O–H groups in total. The van der Waals surface area contributed by atoms with E-state index < -0.39 is 0 Å². The van der Waals surface area contributed by atoms with Crippen LogP contribution in [0.4, 0.5) is 0 Å². The highest BCUT2D eigenvalue weighted by Crippen LogP contribution is 2.27. The van der Waals surface area contributed by atoms with Gasteiger partial charge in [0, 0.05) is 10.0 Å². The Morgan fingerprint density at radius 1 is 1.46 bits per heavy atom. The van der Waals surface area contributed by atoms with Gasteiger partial charge in [-0.1, -0.05) is 23.7 Å². The normalized spacial score (nSPS) is 11.8. The van der Waals surface area contributed by atoms with Crippen LogP contribution in [0.2, 0.25) is 5.02 Å². The maximum atomic E-state index is 6.10. The first kappa shape index (κ1) is 11.0. The van der Waals surface area contributed by atoms with Crippen molar-refractivity contribution in [1.29, 1.82) is 0 Å². The summed E-state index contributed by atoms with van der Waals surface area (Å²) in [6, 6.07) is 5.90. The van der Waals surface area contributed by atoms with Gasteiger partial charge < -0.3 is 5.73 Å². The molecule has 0 aromatic heterocycles. The lowest BCUT2D eigenvalue weighted by Gasteiger charge is -2.19. The zero-order valence-electron chi connectivity index (χ0n) is 7.77. The van der Waals surface area contributed by atoms with Crippen molar-refractivity contribution in [3.8, 4) is 0 Å². The van der Waals surface area contributed by atoms with Crippen LogP contribution < -0.4 is 5.73 Å².